The molecule has 0 atom stereocenters. The molecular weight excluding hydrogens is 1570 g/mol. The second-order valence-corrected chi connectivity index (χ2v) is 24.2. The van der Waals surface area contributed by atoms with E-state index in [0.29, 0.717) is 38.5 Å². The van der Waals surface area contributed by atoms with Gasteiger partial charge in [-0.25, -0.2) is 158 Å². The van der Waals surface area contributed by atoms with Crippen molar-refractivity contribution in [2.45, 2.75) is 169 Å². The molecule has 0 spiro atoms. The zero-order valence-corrected chi connectivity index (χ0v) is 57.2. The lowest BCUT2D eigenvalue weighted by atomic mass is 9.96. The van der Waals surface area contributed by atoms with E-state index in [1.165, 1.54) is 0 Å². The Morgan fingerprint density at radius 1 is 0.109 bits per heavy atom. The van der Waals surface area contributed by atoms with Crippen LogP contribution in [0.5, 0.6) is 0 Å². The maximum absolute atomic E-state index is 14.3. The lowest BCUT2D eigenvalue weighted by molar-refractivity contribution is 0.379. The van der Waals surface area contributed by atoms with Crippen molar-refractivity contribution in [1.82, 2.24) is 0 Å². The molecule has 0 aliphatic carbocycles. The van der Waals surface area contributed by atoms with Gasteiger partial charge in [-0.3, -0.25) is 0 Å². The molecule has 8 aromatic carbocycles. The summed E-state index contributed by atoms with van der Waals surface area (Å²) in [6.45, 7) is 7.55. The Morgan fingerprint density at radius 3 is 0.345 bits per heavy atom. The predicted molar refractivity (Wildman–Crippen MR) is 327 cm³/mol. The Kier molecular flexibility index (Phi) is 33.3. The topological polar surface area (TPSA) is 0 Å². The molecule has 0 fully saturated rings. The molecule has 0 bridgehead atoms. The van der Waals surface area contributed by atoms with E-state index in [1.807, 2.05) is 20.8 Å². The van der Waals surface area contributed by atoms with Crippen LogP contribution in [0.3, 0.4) is 0 Å². The molecule has 8 rings (SSSR count). The lowest BCUT2D eigenvalue weighted by Gasteiger charge is -2.14. The summed E-state index contributed by atoms with van der Waals surface area (Å²) in [6.07, 6.45) is 9.34. The number of benzene rings is 8. The third kappa shape index (κ3) is 18.9. The first-order chi connectivity index (χ1) is 51.6. The van der Waals surface area contributed by atoms with Crippen molar-refractivity contribution in [3.8, 4) is 44.5 Å². The van der Waals surface area contributed by atoms with Gasteiger partial charge in [-0.1, -0.05) is 118 Å². The molecule has 0 N–H and O–H groups in total. The fourth-order valence-corrected chi connectivity index (χ4v) is 11.0. The highest BCUT2D eigenvalue weighted by molar-refractivity contribution is 5.71. The van der Waals surface area contributed by atoms with E-state index in [9.17, 15) is 158 Å². The largest absolute Gasteiger partial charge is 0.203 e. The Balaban J connectivity index is 0.000000263. The molecular formula is C74H56F36. The first-order valence-electron chi connectivity index (χ1n) is 33.0. The predicted octanol–water partition coefficient (Wildman–Crippen LogP) is 27.7. The first kappa shape index (κ1) is 91.8. The minimum atomic E-state index is -2.58. The zero-order valence-electron chi connectivity index (χ0n) is 57.2. The van der Waals surface area contributed by atoms with Gasteiger partial charge in [-0.05, 0) is 51.4 Å². The summed E-state index contributed by atoms with van der Waals surface area (Å²) < 4.78 is 497. The second-order valence-electron chi connectivity index (χ2n) is 24.2. The molecule has 0 heterocycles. The van der Waals surface area contributed by atoms with Gasteiger partial charge in [0.2, 0.25) is 23.3 Å². The minimum absolute atomic E-state index is 0.172. The van der Waals surface area contributed by atoms with Crippen LogP contribution in [0.15, 0.2) is 0 Å². The van der Waals surface area contributed by atoms with Crippen molar-refractivity contribution in [3.05, 3.63) is 232 Å². The molecule has 0 amide bonds. The van der Waals surface area contributed by atoms with E-state index in [-0.39, 0.29) is 25.7 Å². The Labute approximate surface area is 601 Å². The summed E-state index contributed by atoms with van der Waals surface area (Å²) in [5, 5.41) is 0. The molecule has 0 nitrogen and oxygen atoms in total. The van der Waals surface area contributed by atoms with Crippen LogP contribution in [-0.2, 0) is 25.7 Å². The van der Waals surface area contributed by atoms with Crippen LogP contribution in [0.1, 0.15) is 166 Å². The molecule has 0 aromatic heterocycles. The van der Waals surface area contributed by atoms with Gasteiger partial charge < -0.3 is 0 Å². The van der Waals surface area contributed by atoms with Crippen molar-refractivity contribution in [1.29, 1.82) is 0 Å². The Bertz CT molecular complexity index is 4460. The summed E-state index contributed by atoms with van der Waals surface area (Å²) in [7, 11) is 0. The molecule has 0 unspecified atom stereocenters. The average molecular weight is 1630 g/mol. The van der Waals surface area contributed by atoms with Crippen molar-refractivity contribution in [2.75, 3.05) is 0 Å². The number of unbranched alkanes of at least 4 members (excludes halogenated alkanes) is 14. The summed E-state index contributed by atoms with van der Waals surface area (Å²) in [4.78, 5) is 0. The Morgan fingerprint density at radius 2 is 0.200 bits per heavy atom. The highest BCUT2D eigenvalue weighted by Crippen LogP contribution is 2.44. The van der Waals surface area contributed by atoms with E-state index in [0.717, 1.165) is 51.4 Å². The van der Waals surface area contributed by atoms with Gasteiger partial charge in [0.15, 0.2) is 186 Å². The van der Waals surface area contributed by atoms with Crippen LogP contribution in [0, 0.1) is 209 Å². The van der Waals surface area contributed by atoms with Crippen molar-refractivity contribution >= 4 is 0 Å². The molecule has 110 heavy (non-hydrogen) atoms. The molecule has 0 aliphatic rings. The third-order valence-electron chi connectivity index (χ3n) is 16.9. The van der Waals surface area contributed by atoms with Crippen LogP contribution in [0.25, 0.3) is 44.5 Å². The van der Waals surface area contributed by atoms with E-state index >= 15 is 0 Å². The fraction of sp³-hybridized carbons (Fsp3) is 0.351. The van der Waals surface area contributed by atoms with Crippen LogP contribution < -0.4 is 0 Å². The minimum Gasteiger partial charge on any atom is -0.203 e. The molecule has 0 saturated carbocycles. The van der Waals surface area contributed by atoms with Gasteiger partial charge in [-0.15, -0.1) is 0 Å². The number of hydrogen-bond donors (Lipinski definition) is 0. The normalized spacial score (nSPS) is 11.3. The molecule has 0 aliphatic heterocycles. The van der Waals surface area contributed by atoms with Crippen LogP contribution >= 0.6 is 0 Å². The van der Waals surface area contributed by atoms with Gasteiger partial charge in [0, 0.05) is 22.3 Å². The monoisotopic (exact) mass is 1630 g/mol. The van der Waals surface area contributed by atoms with Crippen molar-refractivity contribution < 1.29 is 158 Å². The SMILES string of the molecule is CCCCCCCCc1c(F)c(F)c(-c2c(F)c(F)c(F)c(F)c2F)c(F)c1F.CCCCCCCc1c(F)c(F)c(-c2c(F)c(F)c(F)c(F)c2F)c(F)c1F.CCCCCCc1c(F)c(F)c(-c2c(F)c(F)c(F)c(F)c2F)c(F)c1F.CCCCCc1c(F)c(F)c(-c2c(F)c(F)c(F)c(F)c2F)c(F)c1F. The molecule has 604 valence electrons. The zero-order chi connectivity index (χ0) is 83.3. The second kappa shape index (κ2) is 39.9. The highest BCUT2D eigenvalue weighted by Gasteiger charge is 2.40. The lowest BCUT2D eigenvalue weighted by Crippen LogP contribution is -2.11. The average Bonchev–Trinajstić information content (AvgIpc) is 0.767. The summed E-state index contributed by atoms with van der Waals surface area (Å²) in [5.41, 5.74) is -20.2. The van der Waals surface area contributed by atoms with E-state index in [1.54, 1.807) is 6.92 Å². The standard InChI is InChI=1S/C20H17F9.C19H15F9.C18H13F9.C17H11F9/c1-2-3-4-5-6-7-8-9-12(21)14(23)10(15(24)13(9)22)11-16(25)18(27)20(29)19(28)17(11)26;1-2-3-4-5-6-7-8-11(20)13(22)9(14(23)12(8)21)10-15(24)17(26)19(28)18(27)16(10)25;1-2-3-4-5-6-7-10(19)12(21)8(13(22)11(7)20)9-14(23)16(25)18(27)17(26)15(9)24;1-2-3-4-5-6-9(18)11(20)7(12(21)10(6)19)8-13(22)15(24)17(26)16(25)14(8)23/h2-8H2,1H3;2-7H2,1H3;2-6H2,1H3;2-5H2,1H3. The van der Waals surface area contributed by atoms with Crippen LogP contribution in [0.4, 0.5) is 158 Å². The summed E-state index contributed by atoms with van der Waals surface area (Å²) >= 11 is 0. The molecule has 36 heteroatoms. The first-order valence-corrected chi connectivity index (χ1v) is 33.0. The molecule has 0 saturated heterocycles. The van der Waals surface area contributed by atoms with Crippen molar-refractivity contribution in [2.24, 2.45) is 0 Å². The van der Waals surface area contributed by atoms with Gasteiger partial charge >= 0.3 is 0 Å². The fourth-order valence-electron chi connectivity index (χ4n) is 11.0. The molecule has 0 radical (unpaired) electrons. The van der Waals surface area contributed by atoms with Crippen LogP contribution in [-0.4, -0.2) is 0 Å². The Hall–Kier alpha value is -8.76. The quantitative estimate of drug-likeness (QED) is 0.0219. The van der Waals surface area contributed by atoms with E-state index in [2.05, 4.69) is 0 Å². The molecule has 8 aromatic rings. The third-order valence-corrected chi connectivity index (χ3v) is 16.9. The van der Waals surface area contributed by atoms with E-state index < -0.39 is 302 Å². The maximum atomic E-state index is 14.3. The number of rotatable bonds is 26. The van der Waals surface area contributed by atoms with Gasteiger partial charge in [0.1, 0.15) is 0 Å². The number of halogens is 36. The summed E-state index contributed by atoms with van der Waals surface area (Å²) in [5.74, 6) is -84.4. The number of hydrogen-bond acceptors (Lipinski definition) is 0. The van der Waals surface area contributed by atoms with Crippen molar-refractivity contribution in [3.63, 3.8) is 0 Å². The van der Waals surface area contributed by atoms with E-state index in [4.69, 9.17) is 0 Å². The summed E-state index contributed by atoms with van der Waals surface area (Å²) in [6, 6.07) is 0. The van der Waals surface area contributed by atoms with Gasteiger partial charge in [0.05, 0.1) is 44.5 Å². The van der Waals surface area contributed by atoms with Crippen LogP contribution in [0.2, 0.25) is 0 Å². The smallest absolute Gasteiger partial charge is 0.200 e. The maximum Gasteiger partial charge on any atom is 0.200 e. The van der Waals surface area contributed by atoms with Gasteiger partial charge in [-0.2, -0.15) is 0 Å². The van der Waals surface area contributed by atoms with Gasteiger partial charge in [0.25, 0.3) is 0 Å². The highest BCUT2D eigenvalue weighted by atomic mass is 19.2.